The number of piperazine rings is 1. The van der Waals surface area contributed by atoms with Gasteiger partial charge >= 0.3 is 0 Å². The molecule has 1 aliphatic heterocycles. The molecule has 0 aliphatic carbocycles. The van der Waals surface area contributed by atoms with Crippen molar-refractivity contribution >= 4 is 21.8 Å². The highest BCUT2D eigenvalue weighted by molar-refractivity contribution is 7.89. The SMILES string of the molecule is CCCNC(=O)CNC(=O)C[NH+]1CCN(S(=O)(=O)c2ccc(F)cc2)CC1. The maximum absolute atomic E-state index is 13.0. The summed E-state index contributed by atoms with van der Waals surface area (Å²) in [6.07, 6.45) is 0.828. The molecule has 1 fully saturated rings. The van der Waals surface area contributed by atoms with Crippen molar-refractivity contribution < 1.29 is 27.3 Å². The number of carbonyl (C=O) groups excluding carboxylic acids is 2. The Labute approximate surface area is 158 Å². The highest BCUT2D eigenvalue weighted by Crippen LogP contribution is 2.15. The van der Waals surface area contributed by atoms with E-state index in [-0.39, 0.29) is 42.9 Å². The van der Waals surface area contributed by atoms with Gasteiger partial charge in [-0.05, 0) is 30.7 Å². The second kappa shape index (κ2) is 9.77. The molecule has 1 aromatic carbocycles. The van der Waals surface area contributed by atoms with Gasteiger partial charge in [-0.15, -0.1) is 0 Å². The Hall–Kier alpha value is -2.04. The zero-order valence-electron chi connectivity index (χ0n) is 15.3. The third kappa shape index (κ3) is 6.26. The molecule has 1 aromatic rings. The minimum Gasteiger partial charge on any atom is -0.355 e. The minimum atomic E-state index is -3.66. The summed E-state index contributed by atoms with van der Waals surface area (Å²) in [5.41, 5.74) is 0. The second-order valence-electron chi connectivity index (χ2n) is 6.41. The molecule has 0 atom stereocenters. The van der Waals surface area contributed by atoms with Crippen LogP contribution < -0.4 is 15.5 Å². The van der Waals surface area contributed by atoms with Crippen LogP contribution >= 0.6 is 0 Å². The zero-order chi connectivity index (χ0) is 19.9. The number of sulfonamides is 1. The van der Waals surface area contributed by atoms with E-state index in [1.165, 1.54) is 16.4 Å². The van der Waals surface area contributed by atoms with Gasteiger partial charge in [-0.2, -0.15) is 4.31 Å². The van der Waals surface area contributed by atoms with Crippen molar-refractivity contribution in [2.45, 2.75) is 18.2 Å². The maximum atomic E-state index is 13.0. The zero-order valence-corrected chi connectivity index (χ0v) is 16.1. The summed E-state index contributed by atoms with van der Waals surface area (Å²) in [7, 11) is -3.66. The van der Waals surface area contributed by atoms with Gasteiger partial charge < -0.3 is 15.5 Å². The Kier molecular flexibility index (Phi) is 7.69. The molecular formula is C17H26FN4O4S+. The average molecular weight is 401 g/mol. The fourth-order valence-electron chi connectivity index (χ4n) is 2.77. The van der Waals surface area contributed by atoms with Crippen LogP contribution in [-0.2, 0) is 19.6 Å². The van der Waals surface area contributed by atoms with Crippen LogP contribution in [0.25, 0.3) is 0 Å². The first-order valence-electron chi connectivity index (χ1n) is 8.95. The monoisotopic (exact) mass is 401 g/mol. The lowest BCUT2D eigenvalue weighted by Crippen LogP contribution is -3.15. The van der Waals surface area contributed by atoms with Crippen LogP contribution in [0.5, 0.6) is 0 Å². The number of amides is 2. The molecule has 2 amide bonds. The highest BCUT2D eigenvalue weighted by Gasteiger charge is 2.31. The van der Waals surface area contributed by atoms with Crippen LogP contribution in [0.2, 0.25) is 0 Å². The van der Waals surface area contributed by atoms with E-state index in [0.29, 0.717) is 19.6 Å². The highest BCUT2D eigenvalue weighted by atomic mass is 32.2. The van der Waals surface area contributed by atoms with Crippen molar-refractivity contribution in [3.8, 4) is 0 Å². The maximum Gasteiger partial charge on any atom is 0.275 e. The lowest BCUT2D eigenvalue weighted by Gasteiger charge is -2.31. The summed E-state index contributed by atoms with van der Waals surface area (Å²) in [5.74, 6) is -0.959. The quantitative estimate of drug-likeness (QED) is 0.486. The van der Waals surface area contributed by atoms with E-state index < -0.39 is 15.8 Å². The third-order valence-electron chi connectivity index (χ3n) is 4.31. The number of hydrogen-bond donors (Lipinski definition) is 3. The van der Waals surface area contributed by atoms with Crippen LogP contribution in [0, 0.1) is 5.82 Å². The minimum absolute atomic E-state index is 0.0583. The second-order valence-corrected chi connectivity index (χ2v) is 8.35. The Bertz CT molecular complexity index is 747. The molecule has 10 heteroatoms. The van der Waals surface area contributed by atoms with Gasteiger partial charge in [0.2, 0.25) is 15.9 Å². The molecule has 150 valence electrons. The number of hydrogen-bond acceptors (Lipinski definition) is 4. The fourth-order valence-corrected chi connectivity index (χ4v) is 4.21. The van der Waals surface area contributed by atoms with Gasteiger partial charge in [0.15, 0.2) is 6.54 Å². The standard InChI is InChI=1S/C17H25FN4O4S/c1-2-7-19-16(23)12-20-17(24)13-21-8-10-22(11-9-21)27(25,26)15-5-3-14(18)4-6-15/h3-6H,2,7-13H2,1H3,(H,19,23)(H,20,24)/p+1. The predicted molar refractivity (Wildman–Crippen MR) is 97.0 cm³/mol. The molecule has 0 spiro atoms. The first-order chi connectivity index (χ1) is 12.8. The number of quaternary nitrogens is 1. The fraction of sp³-hybridized carbons (Fsp3) is 0.529. The molecule has 0 aromatic heterocycles. The Morgan fingerprint density at radius 1 is 1.11 bits per heavy atom. The van der Waals surface area contributed by atoms with Gasteiger partial charge in [-0.3, -0.25) is 9.59 Å². The average Bonchev–Trinajstić information content (AvgIpc) is 2.65. The molecular weight excluding hydrogens is 375 g/mol. The van der Waals surface area contributed by atoms with E-state index in [9.17, 15) is 22.4 Å². The van der Waals surface area contributed by atoms with Gasteiger partial charge in [-0.25, -0.2) is 12.8 Å². The van der Waals surface area contributed by atoms with Gasteiger partial charge in [0.1, 0.15) is 5.82 Å². The third-order valence-corrected chi connectivity index (χ3v) is 6.22. The van der Waals surface area contributed by atoms with E-state index in [1.54, 1.807) is 0 Å². The molecule has 1 heterocycles. The summed E-state index contributed by atoms with van der Waals surface area (Å²) >= 11 is 0. The smallest absolute Gasteiger partial charge is 0.275 e. The lowest BCUT2D eigenvalue weighted by atomic mass is 10.3. The number of nitrogens with zero attached hydrogens (tertiary/aromatic N) is 1. The van der Waals surface area contributed by atoms with Crippen molar-refractivity contribution in [3.05, 3.63) is 30.1 Å². The number of nitrogens with one attached hydrogen (secondary N) is 3. The molecule has 8 nitrogen and oxygen atoms in total. The van der Waals surface area contributed by atoms with Crippen molar-refractivity contribution in [2.24, 2.45) is 0 Å². The van der Waals surface area contributed by atoms with Crippen LogP contribution in [-0.4, -0.2) is 70.4 Å². The Balaban J connectivity index is 1.78. The van der Waals surface area contributed by atoms with E-state index in [4.69, 9.17) is 0 Å². The molecule has 1 saturated heterocycles. The van der Waals surface area contributed by atoms with Gasteiger partial charge in [0.25, 0.3) is 5.91 Å². The lowest BCUT2D eigenvalue weighted by molar-refractivity contribution is -0.895. The molecule has 0 bridgehead atoms. The van der Waals surface area contributed by atoms with Crippen molar-refractivity contribution in [1.82, 2.24) is 14.9 Å². The van der Waals surface area contributed by atoms with Crippen LogP contribution in [0.3, 0.4) is 0 Å². The van der Waals surface area contributed by atoms with Crippen LogP contribution in [0.4, 0.5) is 4.39 Å². The number of halogens is 1. The number of benzene rings is 1. The van der Waals surface area contributed by atoms with Crippen molar-refractivity contribution in [2.75, 3.05) is 45.8 Å². The molecule has 27 heavy (non-hydrogen) atoms. The predicted octanol–water partition coefficient (Wildman–Crippen LogP) is -1.64. The summed E-state index contributed by atoms with van der Waals surface area (Å²) in [5, 5.41) is 5.25. The van der Waals surface area contributed by atoms with Crippen LogP contribution in [0.1, 0.15) is 13.3 Å². The first-order valence-corrected chi connectivity index (χ1v) is 10.4. The molecule has 1 aliphatic rings. The molecule has 2 rings (SSSR count). The van der Waals surface area contributed by atoms with Crippen molar-refractivity contribution in [1.29, 1.82) is 0 Å². The number of carbonyl (C=O) groups is 2. The summed E-state index contributed by atoms with van der Waals surface area (Å²) in [6.45, 7) is 4.16. The Morgan fingerprint density at radius 3 is 2.33 bits per heavy atom. The summed E-state index contributed by atoms with van der Waals surface area (Å²) < 4.78 is 39.5. The topological polar surface area (TPSA) is 100 Å². The Morgan fingerprint density at radius 2 is 1.74 bits per heavy atom. The first kappa shape index (κ1) is 21.3. The molecule has 0 radical (unpaired) electrons. The largest absolute Gasteiger partial charge is 0.355 e. The molecule has 0 unspecified atom stereocenters. The van der Waals surface area contributed by atoms with E-state index in [1.807, 2.05) is 6.92 Å². The summed E-state index contributed by atoms with van der Waals surface area (Å²) in [6, 6.07) is 4.74. The molecule has 3 N–H and O–H groups in total. The van der Waals surface area contributed by atoms with E-state index >= 15 is 0 Å². The van der Waals surface area contributed by atoms with E-state index in [0.717, 1.165) is 23.5 Å². The molecule has 0 saturated carbocycles. The summed E-state index contributed by atoms with van der Waals surface area (Å²) in [4.78, 5) is 24.4. The van der Waals surface area contributed by atoms with Gasteiger partial charge in [-0.1, -0.05) is 6.92 Å². The van der Waals surface area contributed by atoms with Crippen LogP contribution in [0.15, 0.2) is 29.2 Å². The van der Waals surface area contributed by atoms with E-state index in [2.05, 4.69) is 10.6 Å². The normalized spacial score (nSPS) is 16.1. The van der Waals surface area contributed by atoms with Crippen molar-refractivity contribution in [3.63, 3.8) is 0 Å². The van der Waals surface area contributed by atoms with Gasteiger partial charge in [0.05, 0.1) is 37.6 Å². The van der Waals surface area contributed by atoms with Gasteiger partial charge in [0, 0.05) is 6.54 Å². The number of rotatable bonds is 8.